The molecular formula is C18H29N7O. The molecule has 0 radical (unpaired) electrons. The smallest absolute Gasteiger partial charge is 0.319 e. The summed E-state index contributed by atoms with van der Waals surface area (Å²) in [5, 5.41) is 11.7. The molecule has 8 nitrogen and oxygen atoms in total. The van der Waals surface area contributed by atoms with Crippen molar-refractivity contribution < 1.29 is 4.79 Å². The van der Waals surface area contributed by atoms with Gasteiger partial charge in [-0.2, -0.15) is 10.2 Å². The molecule has 3 rings (SSSR count). The fourth-order valence-corrected chi connectivity index (χ4v) is 3.41. The third-order valence-corrected chi connectivity index (χ3v) is 5.03. The predicted octanol–water partition coefficient (Wildman–Crippen LogP) is 1.81. The minimum atomic E-state index is -0.0331. The van der Waals surface area contributed by atoms with Crippen LogP contribution in [0.5, 0.6) is 0 Å². The highest BCUT2D eigenvalue weighted by Crippen LogP contribution is 2.16. The van der Waals surface area contributed by atoms with Crippen LogP contribution < -0.4 is 5.32 Å². The number of piperazine rings is 1. The van der Waals surface area contributed by atoms with Gasteiger partial charge in [0.2, 0.25) is 0 Å². The number of nitrogens with one attached hydrogen (secondary N) is 1. The Morgan fingerprint density at radius 2 is 2.15 bits per heavy atom. The van der Waals surface area contributed by atoms with E-state index in [0.717, 1.165) is 57.1 Å². The van der Waals surface area contributed by atoms with E-state index >= 15 is 0 Å². The number of anilines is 1. The van der Waals surface area contributed by atoms with E-state index in [0.29, 0.717) is 0 Å². The third kappa shape index (κ3) is 4.24. The SMILES string of the molecule is CCc1cc(NC(=O)N2CCN(CCn3cccn3)CC2CC)n(C)n1. The first kappa shape index (κ1) is 18.4. The quantitative estimate of drug-likeness (QED) is 0.854. The lowest BCUT2D eigenvalue weighted by Crippen LogP contribution is -2.56. The van der Waals surface area contributed by atoms with Gasteiger partial charge in [0.25, 0.3) is 0 Å². The van der Waals surface area contributed by atoms with E-state index in [2.05, 4.69) is 34.3 Å². The van der Waals surface area contributed by atoms with E-state index < -0.39 is 0 Å². The Labute approximate surface area is 154 Å². The molecule has 1 saturated heterocycles. The van der Waals surface area contributed by atoms with Crippen LogP contribution in [0.2, 0.25) is 0 Å². The average Bonchev–Trinajstić information content (AvgIpc) is 3.29. The third-order valence-electron chi connectivity index (χ3n) is 5.03. The van der Waals surface area contributed by atoms with Crippen LogP contribution in [-0.2, 0) is 20.0 Å². The largest absolute Gasteiger partial charge is 0.323 e. The fourth-order valence-electron chi connectivity index (χ4n) is 3.41. The van der Waals surface area contributed by atoms with E-state index in [1.165, 1.54) is 0 Å². The molecule has 2 aromatic heterocycles. The predicted molar refractivity (Wildman–Crippen MR) is 101 cm³/mol. The summed E-state index contributed by atoms with van der Waals surface area (Å²) >= 11 is 0. The number of carbonyl (C=O) groups is 1. The van der Waals surface area contributed by atoms with Crippen LogP contribution in [0.4, 0.5) is 10.6 Å². The second-order valence-corrected chi connectivity index (χ2v) is 6.75. The van der Waals surface area contributed by atoms with Gasteiger partial charge in [0.15, 0.2) is 0 Å². The molecular weight excluding hydrogens is 330 g/mol. The van der Waals surface area contributed by atoms with Crippen molar-refractivity contribution in [2.24, 2.45) is 7.05 Å². The Hall–Kier alpha value is -2.35. The molecule has 142 valence electrons. The van der Waals surface area contributed by atoms with Crippen LogP contribution in [-0.4, -0.2) is 67.6 Å². The lowest BCUT2D eigenvalue weighted by Gasteiger charge is -2.41. The van der Waals surface area contributed by atoms with E-state index in [4.69, 9.17) is 0 Å². The van der Waals surface area contributed by atoms with Crippen LogP contribution >= 0.6 is 0 Å². The van der Waals surface area contributed by atoms with Crippen LogP contribution in [0.1, 0.15) is 26.0 Å². The number of aryl methyl sites for hydroxylation is 2. The maximum atomic E-state index is 12.8. The summed E-state index contributed by atoms with van der Waals surface area (Å²) in [6, 6.07) is 4.08. The van der Waals surface area contributed by atoms with Crippen LogP contribution in [0.15, 0.2) is 24.5 Å². The van der Waals surface area contributed by atoms with Gasteiger partial charge < -0.3 is 4.90 Å². The summed E-state index contributed by atoms with van der Waals surface area (Å²) in [4.78, 5) is 17.2. The first-order valence-corrected chi connectivity index (χ1v) is 9.41. The molecule has 1 aliphatic heterocycles. The van der Waals surface area contributed by atoms with Gasteiger partial charge in [-0.1, -0.05) is 13.8 Å². The normalized spacial score (nSPS) is 18.3. The average molecular weight is 359 g/mol. The standard InChI is InChI=1S/C18H29N7O/c1-4-15-13-17(22(3)21-15)20-18(26)25-12-10-23(14-16(25)5-2)9-11-24-8-6-7-19-24/h6-8,13,16H,4-5,9-12,14H2,1-3H3,(H,20,26). The van der Waals surface area contributed by atoms with Crippen molar-refractivity contribution in [1.82, 2.24) is 29.4 Å². The Kier molecular flexibility index (Phi) is 5.92. The fraction of sp³-hybridized carbons (Fsp3) is 0.611. The summed E-state index contributed by atoms with van der Waals surface area (Å²) in [5.41, 5.74) is 0.985. The van der Waals surface area contributed by atoms with Crippen molar-refractivity contribution in [3.63, 3.8) is 0 Å². The number of carbonyl (C=O) groups excluding carboxylic acids is 1. The van der Waals surface area contributed by atoms with Gasteiger partial charge in [-0.3, -0.25) is 19.6 Å². The van der Waals surface area contributed by atoms with Crippen LogP contribution in [0.25, 0.3) is 0 Å². The molecule has 8 heteroatoms. The topological polar surface area (TPSA) is 71.2 Å². The van der Waals surface area contributed by atoms with Gasteiger partial charge in [0.1, 0.15) is 5.82 Å². The molecule has 3 heterocycles. The number of aromatic nitrogens is 4. The summed E-state index contributed by atoms with van der Waals surface area (Å²) in [6.07, 6.45) is 5.59. The zero-order valence-corrected chi connectivity index (χ0v) is 15.9. The Bertz CT molecular complexity index is 709. The molecule has 1 fully saturated rings. The molecule has 26 heavy (non-hydrogen) atoms. The monoisotopic (exact) mass is 359 g/mol. The van der Waals surface area contributed by atoms with Gasteiger partial charge in [-0.15, -0.1) is 0 Å². The maximum absolute atomic E-state index is 12.8. The lowest BCUT2D eigenvalue weighted by atomic mass is 10.1. The van der Waals surface area contributed by atoms with E-state index in [1.54, 1.807) is 10.9 Å². The molecule has 0 aliphatic carbocycles. The van der Waals surface area contributed by atoms with E-state index in [1.807, 2.05) is 35.0 Å². The van der Waals surface area contributed by atoms with Crippen molar-refractivity contribution in [2.75, 3.05) is 31.5 Å². The number of rotatable bonds is 6. The van der Waals surface area contributed by atoms with E-state index in [9.17, 15) is 4.79 Å². The summed E-state index contributed by atoms with van der Waals surface area (Å²) in [5.74, 6) is 0.753. The Morgan fingerprint density at radius 3 is 2.81 bits per heavy atom. The second kappa shape index (κ2) is 8.35. The Balaban J connectivity index is 1.56. The summed E-state index contributed by atoms with van der Waals surface area (Å²) < 4.78 is 3.69. The number of amides is 2. The van der Waals surface area contributed by atoms with Gasteiger partial charge in [-0.25, -0.2) is 4.79 Å². The Morgan fingerprint density at radius 1 is 1.31 bits per heavy atom. The van der Waals surface area contributed by atoms with Crippen LogP contribution in [0, 0.1) is 0 Å². The molecule has 2 amide bonds. The highest BCUT2D eigenvalue weighted by molar-refractivity contribution is 5.88. The minimum Gasteiger partial charge on any atom is -0.319 e. The highest BCUT2D eigenvalue weighted by atomic mass is 16.2. The van der Waals surface area contributed by atoms with Crippen molar-refractivity contribution >= 4 is 11.8 Å². The zero-order chi connectivity index (χ0) is 18.5. The first-order valence-electron chi connectivity index (χ1n) is 9.41. The summed E-state index contributed by atoms with van der Waals surface area (Å²) in [7, 11) is 1.86. The lowest BCUT2D eigenvalue weighted by molar-refractivity contribution is 0.0952. The van der Waals surface area contributed by atoms with Crippen LogP contribution in [0.3, 0.4) is 0 Å². The van der Waals surface area contributed by atoms with Crippen molar-refractivity contribution in [3.05, 3.63) is 30.2 Å². The van der Waals surface area contributed by atoms with Crippen molar-refractivity contribution in [1.29, 1.82) is 0 Å². The van der Waals surface area contributed by atoms with Gasteiger partial charge in [0, 0.05) is 57.7 Å². The zero-order valence-electron chi connectivity index (χ0n) is 15.9. The highest BCUT2D eigenvalue weighted by Gasteiger charge is 2.29. The van der Waals surface area contributed by atoms with Gasteiger partial charge >= 0.3 is 6.03 Å². The molecule has 0 spiro atoms. The number of hydrogen-bond acceptors (Lipinski definition) is 4. The number of nitrogens with zero attached hydrogens (tertiary/aromatic N) is 6. The van der Waals surface area contributed by atoms with Gasteiger partial charge in [0.05, 0.1) is 12.2 Å². The molecule has 0 aromatic carbocycles. The van der Waals surface area contributed by atoms with Crippen molar-refractivity contribution in [3.8, 4) is 0 Å². The molecule has 1 N–H and O–H groups in total. The molecule has 1 unspecified atom stereocenters. The first-order chi connectivity index (χ1) is 12.6. The number of urea groups is 1. The summed E-state index contributed by atoms with van der Waals surface area (Å²) in [6.45, 7) is 8.56. The van der Waals surface area contributed by atoms with E-state index in [-0.39, 0.29) is 12.1 Å². The molecule has 0 saturated carbocycles. The maximum Gasteiger partial charge on any atom is 0.323 e. The molecule has 0 bridgehead atoms. The van der Waals surface area contributed by atoms with Crippen molar-refractivity contribution in [2.45, 2.75) is 39.3 Å². The molecule has 1 atom stereocenters. The number of hydrogen-bond donors (Lipinski definition) is 1. The molecule has 2 aromatic rings. The van der Waals surface area contributed by atoms with Gasteiger partial charge in [-0.05, 0) is 18.9 Å². The molecule has 1 aliphatic rings. The minimum absolute atomic E-state index is 0.0331. The second-order valence-electron chi connectivity index (χ2n) is 6.75.